The molecule has 0 unspecified atom stereocenters. The Morgan fingerprint density at radius 1 is 1.19 bits per heavy atom. The number of carbonyl (C=O) groups is 1. The Kier molecular flexibility index (Phi) is 4.16. The number of hydrogen-bond acceptors (Lipinski definition) is 4. The zero-order valence-corrected chi connectivity index (χ0v) is 14.8. The Balaban J connectivity index is 1.39. The molecule has 6 heteroatoms. The number of nitrogens with zero attached hydrogens (tertiary/aromatic N) is 3. The van der Waals surface area contributed by atoms with Crippen molar-refractivity contribution in [3.05, 3.63) is 65.3 Å². The molecule has 0 saturated carbocycles. The topological polar surface area (TPSA) is 72.4 Å². The predicted molar refractivity (Wildman–Crippen MR) is 99.1 cm³/mol. The van der Waals surface area contributed by atoms with E-state index < -0.39 is 0 Å². The summed E-state index contributed by atoms with van der Waals surface area (Å²) >= 11 is 0. The van der Waals surface area contributed by atoms with E-state index in [4.69, 9.17) is 4.42 Å². The summed E-state index contributed by atoms with van der Waals surface area (Å²) in [6.45, 7) is 4.61. The second-order valence-corrected chi connectivity index (χ2v) is 6.47. The van der Waals surface area contributed by atoms with Crippen LogP contribution in [0.1, 0.15) is 22.5 Å². The molecule has 4 aromatic rings. The van der Waals surface area contributed by atoms with Gasteiger partial charge in [-0.15, -0.1) is 10.2 Å². The van der Waals surface area contributed by atoms with E-state index in [1.165, 1.54) is 5.56 Å². The highest BCUT2D eigenvalue weighted by Crippen LogP contribution is 2.26. The Morgan fingerprint density at radius 2 is 2.08 bits per heavy atom. The molecular formula is C20H20N4O2. The van der Waals surface area contributed by atoms with Gasteiger partial charge in [0.1, 0.15) is 11.4 Å². The Hall–Kier alpha value is -3.15. The van der Waals surface area contributed by atoms with Crippen molar-refractivity contribution >= 4 is 22.5 Å². The molecule has 4 rings (SSSR count). The van der Waals surface area contributed by atoms with Crippen LogP contribution in [0, 0.1) is 13.8 Å². The van der Waals surface area contributed by atoms with Gasteiger partial charge < -0.3 is 9.73 Å². The number of fused-ring (bicyclic) bond motifs is 2. The standard InChI is InChI=1S/C20H20N4O2/c1-13-6-7-16-15(12-26-20(16)14(13)2)11-19(25)21-9-8-18-23-22-17-5-3-4-10-24(17)18/h3-7,10,12H,8-9,11H2,1-2H3,(H,21,25). The smallest absolute Gasteiger partial charge is 0.224 e. The maximum absolute atomic E-state index is 12.3. The Morgan fingerprint density at radius 3 is 2.96 bits per heavy atom. The van der Waals surface area contributed by atoms with Crippen LogP contribution in [0.4, 0.5) is 0 Å². The average molecular weight is 348 g/mol. The van der Waals surface area contributed by atoms with Crippen molar-refractivity contribution in [3.8, 4) is 0 Å². The first kappa shape index (κ1) is 16.3. The molecule has 0 fully saturated rings. The van der Waals surface area contributed by atoms with E-state index in [-0.39, 0.29) is 5.91 Å². The number of furan rings is 1. The Labute approximate surface area is 150 Å². The molecule has 0 atom stereocenters. The van der Waals surface area contributed by atoms with Crippen LogP contribution in [0.5, 0.6) is 0 Å². The lowest BCUT2D eigenvalue weighted by atomic mass is 10.0. The molecule has 1 aromatic carbocycles. The molecule has 6 nitrogen and oxygen atoms in total. The van der Waals surface area contributed by atoms with Crippen molar-refractivity contribution in [2.75, 3.05) is 6.54 Å². The van der Waals surface area contributed by atoms with Crippen LogP contribution >= 0.6 is 0 Å². The molecule has 0 bridgehead atoms. The molecule has 0 radical (unpaired) electrons. The first-order valence-corrected chi connectivity index (χ1v) is 8.65. The average Bonchev–Trinajstić information content (AvgIpc) is 3.23. The fourth-order valence-corrected chi connectivity index (χ4v) is 3.14. The summed E-state index contributed by atoms with van der Waals surface area (Å²) in [6.07, 6.45) is 4.54. The van der Waals surface area contributed by atoms with Gasteiger partial charge in [-0.1, -0.05) is 18.2 Å². The van der Waals surface area contributed by atoms with Crippen molar-refractivity contribution in [2.45, 2.75) is 26.7 Å². The number of pyridine rings is 1. The number of hydrogen-bond donors (Lipinski definition) is 1. The second kappa shape index (κ2) is 6.63. The van der Waals surface area contributed by atoms with Crippen LogP contribution in [0.15, 0.2) is 47.2 Å². The molecule has 0 saturated heterocycles. The zero-order chi connectivity index (χ0) is 18.1. The van der Waals surface area contributed by atoms with Gasteiger partial charge in [-0.2, -0.15) is 0 Å². The van der Waals surface area contributed by atoms with Gasteiger partial charge in [0, 0.05) is 30.1 Å². The van der Waals surface area contributed by atoms with Crippen LogP contribution in [-0.4, -0.2) is 27.0 Å². The first-order chi connectivity index (χ1) is 12.6. The normalized spacial score (nSPS) is 11.3. The van der Waals surface area contributed by atoms with Crippen LogP contribution in [0.3, 0.4) is 0 Å². The summed E-state index contributed by atoms with van der Waals surface area (Å²) in [4.78, 5) is 12.3. The molecule has 3 heterocycles. The van der Waals surface area contributed by atoms with Gasteiger partial charge in [-0.05, 0) is 37.1 Å². The highest BCUT2D eigenvalue weighted by atomic mass is 16.3. The molecule has 1 N–H and O–H groups in total. The summed E-state index contributed by atoms with van der Waals surface area (Å²) in [5.74, 6) is 0.806. The van der Waals surface area contributed by atoms with Gasteiger partial charge in [0.2, 0.25) is 5.91 Å². The van der Waals surface area contributed by atoms with E-state index in [1.54, 1.807) is 6.26 Å². The molecule has 26 heavy (non-hydrogen) atoms. The van der Waals surface area contributed by atoms with Crippen molar-refractivity contribution in [2.24, 2.45) is 0 Å². The number of carbonyl (C=O) groups excluding carboxylic acids is 1. The van der Waals surface area contributed by atoms with E-state index in [9.17, 15) is 4.79 Å². The summed E-state index contributed by atoms with van der Waals surface area (Å²) in [5.41, 5.74) is 4.89. The van der Waals surface area contributed by atoms with Gasteiger partial charge in [-0.25, -0.2) is 0 Å². The number of aryl methyl sites for hydroxylation is 2. The lowest BCUT2D eigenvalue weighted by molar-refractivity contribution is -0.120. The van der Waals surface area contributed by atoms with E-state index >= 15 is 0 Å². The van der Waals surface area contributed by atoms with Gasteiger partial charge in [-0.3, -0.25) is 9.20 Å². The minimum absolute atomic E-state index is 0.0280. The molecule has 132 valence electrons. The summed E-state index contributed by atoms with van der Waals surface area (Å²) in [7, 11) is 0. The fourth-order valence-electron chi connectivity index (χ4n) is 3.14. The third-order valence-corrected chi connectivity index (χ3v) is 4.75. The number of nitrogens with one attached hydrogen (secondary N) is 1. The van der Waals surface area contributed by atoms with Gasteiger partial charge >= 0.3 is 0 Å². The van der Waals surface area contributed by atoms with Gasteiger partial charge in [0.25, 0.3) is 0 Å². The highest BCUT2D eigenvalue weighted by molar-refractivity contribution is 5.89. The predicted octanol–water partition coefficient (Wildman–Crippen LogP) is 2.99. The quantitative estimate of drug-likeness (QED) is 0.602. The summed E-state index contributed by atoms with van der Waals surface area (Å²) < 4.78 is 7.60. The van der Waals surface area contributed by atoms with Gasteiger partial charge in [0.15, 0.2) is 5.65 Å². The first-order valence-electron chi connectivity index (χ1n) is 8.65. The number of benzene rings is 1. The molecular weight excluding hydrogens is 328 g/mol. The maximum atomic E-state index is 12.3. The lowest BCUT2D eigenvalue weighted by Gasteiger charge is -2.04. The molecule has 0 aliphatic rings. The third-order valence-electron chi connectivity index (χ3n) is 4.75. The summed E-state index contributed by atoms with van der Waals surface area (Å²) in [6, 6.07) is 9.85. The maximum Gasteiger partial charge on any atom is 0.224 e. The SMILES string of the molecule is Cc1ccc2c(CC(=O)NCCc3nnc4ccccn34)coc2c1C. The molecule has 0 aliphatic carbocycles. The van der Waals surface area contributed by atoms with E-state index in [0.29, 0.717) is 19.4 Å². The van der Waals surface area contributed by atoms with Crippen LogP contribution in [0.25, 0.3) is 16.6 Å². The zero-order valence-electron chi connectivity index (χ0n) is 14.8. The molecule has 0 spiro atoms. The van der Waals surface area contributed by atoms with Crippen molar-refractivity contribution in [1.82, 2.24) is 19.9 Å². The fraction of sp³-hybridized carbons (Fsp3) is 0.250. The van der Waals surface area contributed by atoms with E-state index in [0.717, 1.165) is 33.6 Å². The van der Waals surface area contributed by atoms with Crippen LogP contribution < -0.4 is 5.32 Å². The second-order valence-electron chi connectivity index (χ2n) is 6.47. The van der Waals surface area contributed by atoms with Crippen LogP contribution in [-0.2, 0) is 17.6 Å². The van der Waals surface area contributed by atoms with E-state index in [1.807, 2.05) is 41.8 Å². The summed E-state index contributed by atoms with van der Waals surface area (Å²) in [5, 5.41) is 12.2. The van der Waals surface area contributed by atoms with E-state index in [2.05, 4.69) is 28.5 Å². The monoisotopic (exact) mass is 348 g/mol. The largest absolute Gasteiger partial charge is 0.464 e. The minimum atomic E-state index is -0.0280. The molecule has 0 aliphatic heterocycles. The van der Waals surface area contributed by atoms with Crippen molar-refractivity contribution < 1.29 is 9.21 Å². The molecule has 1 amide bonds. The number of rotatable bonds is 5. The molecule has 3 aromatic heterocycles. The third kappa shape index (κ3) is 2.94. The van der Waals surface area contributed by atoms with Gasteiger partial charge in [0.05, 0.1) is 12.7 Å². The number of amides is 1. The lowest BCUT2D eigenvalue weighted by Crippen LogP contribution is -2.27. The van der Waals surface area contributed by atoms with Crippen molar-refractivity contribution in [3.63, 3.8) is 0 Å². The van der Waals surface area contributed by atoms with Crippen LogP contribution in [0.2, 0.25) is 0 Å². The highest BCUT2D eigenvalue weighted by Gasteiger charge is 2.13. The number of aromatic nitrogens is 3. The Bertz CT molecular complexity index is 1090. The van der Waals surface area contributed by atoms with Crippen molar-refractivity contribution in [1.29, 1.82) is 0 Å². The minimum Gasteiger partial charge on any atom is -0.464 e.